The van der Waals surface area contributed by atoms with E-state index in [1.807, 2.05) is 0 Å². The van der Waals surface area contributed by atoms with Crippen LogP contribution >= 0.6 is 34.8 Å². The van der Waals surface area contributed by atoms with E-state index in [9.17, 15) is 9.18 Å². The van der Waals surface area contributed by atoms with Crippen molar-refractivity contribution in [2.24, 2.45) is 0 Å². The Bertz CT molecular complexity index is 417. The van der Waals surface area contributed by atoms with Gasteiger partial charge in [-0.1, -0.05) is 34.8 Å². The first-order valence-corrected chi connectivity index (χ1v) is 6.28. The van der Waals surface area contributed by atoms with Gasteiger partial charge in [0.1, 0.15) is 5.82 Å². The normalized spacial score (nSPS) is 13.5. The number of benzene rings is 1. The van der Waals surface area contributed by atoms with E-state index in [-0.39, 0.29) is 0 Å². The first-order chi connectivity index (χ1) is 8.21. The van der Waals surface area contributed by atoms with Crippen LogP contribution in [0, 0.1) is 5.82 Å². The largest absolute Gasteiger partial charge is 0.317 e. The number of hydrogen-bond acceptors (Lipinski definition) is 1. The molecule has 0 saturated heterocycles. The highest BCUT2D eigenvalue weighted by Gasteiger charge is 2.39. The van der Waals surface area contributed by atoms with E-state index in [2.05, 4.69) is 5.32 Å². The lowest BCUT2D eigenvalue weighted by atomic mass is 10.2. The average molecular weight is 315 g/mol. The summed E-state index contributed by atoms with van der Waals surface area (Å²) >= 11 is 17.4. The highest BCUT2D eigenvalue weighted by Crippen LogP contribution is 2.27. The molecule has 0 bridgehead atoms. The molecule has 100 valence electrons. The second-order valence-electron chi connectivity index (χ2n) is 4.03. The van der Waals surface area contributed by atoms with Gasteiger partial charge in [0, 0.05) is 5.56 Å². The van der Waals surface area contributed by atoms with Gasteiger partial charge in [-0.2, -0.15) is 0 Å². The molecule has 1 rings (SSSR count). The summed E-state index contributed by atoms with van der Waals surface area (Å²) in [6, 6.07) is 5.12. The maximum atomic E-state index is 12.7. The molecule has 1 atom stereocenters. The fraction of sp³-hybridized carbons (Fsp3) is 0.364. The van der Waals surface area contributed by atoms with Crippen LogP contribution in [0.2, 0.25) is 0 Å². The monoisotopic (exact) mass is 313 g/mol. The van der Waals surface area contributed by atoms with Gasteiger partial charge in [0.05, 0.1) is 14.1 Å². The van der Waals surface area contributed by atoms with E-state index in [0.717, 1.165) is 4.90 Å². The summed E-state index contributed by atoms with van der Waals surface area (Å²) in [5, 5.41) is 2.60. The third-order valence-electron chi connectivity index (χ3n) is 2.29. The van der Waals surface area contributed by atoms with Crippen LogP contribution in [0.25, 0.3) is 0 Å². The molecule has 0 aliphatic heterocycles. The Kier molecular flexibility index (Phi) is 5.22. The minimum Gasteiger partial charge on any atom is -0.317 e. The molecule has 0 heterocycles. The molecule has 18 heavy (non-hydrogen) atoms. The Morgan fingerprint density at radius 3 is 2.17 bits per heavy atom. The van der Waals surface area contributed by atoms with Crippen LogP contribution in [0.3, 0.4) is 0 Å². The molecule has 0 fully saturated rings. The quantitative estimate of drug-likeness (QED) is 0.642. The summed E-state index contributed by atoms with van der Waals surface area (Å²) in [4.78, 5) is 12.6. The van der Waals surface area contributed by atoms with E-state index in [4.69, 9.17) is 34.8 Å². The molecule has 1 unspecified atom stereocenters. The van der Waals surface area contributed by atoms with Gasteiger partial charge in [0.2, 0.25) is 6.17 Å². The van der Waals surface area contributed by atoms with E-state index < -0.39 is 21.7 Å². The molecule has 0 radical (unpaired) electrons. The predicted octanol–water partition coefficient (Wildman–Crippen LogP) is 1.40. The minimum atomic E-state index is -1.63. The van der Waals surface area contributed by atoms with Crippen molar-refractivity contribution in [2.75, 3.05) is 14.1 Å². The van der Waals surface area contributed by atoms with Gasteiger partial charge in [-0.05, 0) is 24.3 Å². The summed E-state index contributed by atoms with van der Waals surface area (Å²) < 4.78 is 11.1. The average Bonchev–Trinajstić information content (AvgIpc) is 2.24. The Labute approximate surface area is 120 Å². The van der Waals surface area contributed by atoms with Crippen LogP contribution in [0.15, 0.2) is 24.3 Å². The molecule has 7 heteroatoms. The fourth-order valence-electron chi connectivity index (χ4n) is 1.37. The molecule has 0 saturated carbocycles. The van der Waals surface area contributed by atoms with Crippen molar-refractivity contribution in [1.29, 1.82) is 0 Å². The number of hydrogen-bond donors (Lipinski definition) is 2. The highest BCUT2D eigenvalue weighted by molar-refractivity contribution is 6.68. The molecule has 0 aromatic heterocycles. The lowest BCUT2D eigenvalue weighted by Gasteiger charge is -2.27. The molecule has 0 spiro atoms. The van der Waals surface area contributed by atoms with Gasteiger partial charge in [0.25, 0.3) is 9.70 Å². The minimum absolute atomic E-state index is 0.303. The molecule has 1 aromatic rings. The molecule has 1 aromatic carbocycles. The number of quaternary nitrogens is 1. The van der Waals surface area contributed by atoms with Crippen molar-refractivity contribution in [3.63, 3.8) is 0 Å². The Balaban J connectivity index is 2.82. The molecule has 0 aliphatic carbocycles. The van der Waals surface area contributed by atoms with Gasteiger partial charge >= 0.3 is 0 Å². The molecule has 2 N–H and O–H groups in total. The number of carbonyl (C=O) groups excluding carboxylic acids is 1. The van der Waals surface area contributed by atoms with Gasteiger partial charge in [-0.25, -0.2) is 4.39 Å². The predicted molar refractivity (Wildman–Crippen MR) is 70.8 cm³/mol. The van der Waals surface area contributed by atoms with Crippen molar-refractivity contribution in [1.82, 2.24) is 5.32 Å². The van der Waals surface area contributed by atoms with E-state index in [1.54, 1.807) is 14.1 Å². The number of alkyl halides is 3. The molecule has 1 amide bonds. The summed E-state index contributed by atoms with van der Waals surface area (Å²) in [5.74, 6) is -0.838. The third-order valence-corrected chi connectivity index (χ3v) is 2.94. The summed E-state index contributed by atoms with van der Waals surface area (Å²) in [5.41, 5.74) is 0.303. The summed E-state index contributed by atoms with van der Waals surface area (Å²) in [6.45, 7) is 0. The standard InChI is InChI=1S/C11H12Cl3FN2O/c1-17(2)10(11(12,13)14)16-9(18)7-3-5-8(15)6-4-7/h3-6,10H,1-2H3,(H,16,18)/p+1. The number of carbonyl (C=O) groups is 1. The second-order valence-corrected chi connectivity index (χ2v) is 6.40. The Morgan fingerprint density at radius 1 is 1.28 bits per heavy atom. The van der Waals surface area contributed by atoms with Gasteiger partial charge in [-0.15, -0.1) is 0 Å². The number of halogens is 4. The smallest absolute Gasteiger partial charge is 0.262 e. The third kappa shape index (κ3) is 4.28. The number of amides is 1. The van der Waals surface area contributed by atoms with Crippen molar-refractivity contribution < 1.29 is 14.1 Å². The van der Waals surface area contributed by atoms with Crippen molar-refractivity contribution >= 4 is 40.7 Å². The summed E-state index contributed by atoms with van der Waals surface area (Å²) in [7, 11) is 3.50. The maximum absolute atomic E-state index is 12.7. The van der Waals surface area contributed by atoms with Crippen LogP contribution in [-0.2, 0) is 0 Å². The van der Waals surface area contributed by atoms with Crippen LogP contribution < -0.4 is 10.2 Å². The highest BCUT2D eigenvalue weighted by atomic mass is 35.6. The Morgan fingerprint density at radius 2 is 1.78 bits per heavy atom. The van der Waals surface area contributed by atoms with Crippen LogP contribution in [0.4, 0.5) is 4.39 Å². The molecular weight excluding hydrogens is 301 g/mol. The van der Waals surface area contributed by atoms with Crippen molar-refractivity contribution in [3.05, 3.63) is 35.6 Å². The van der Waals surface area contributed by atoms with Crippen molar-refractivity contribution in [3.8, 4) is 0 Å². The Hall–Kier alpha value is -0.550. The zero-order valence-corrected chi connectivity index (χ0v) is 12.1. The van der Waals surface area contributed by atoms with Crippen LogP contribution in [0.1, 0.15) is 10.4 Å². The van der Waals surface area contributed by atoms with Gasteiger partial charge in [0.15, 0.2) is 0 Å². The van der Waals surface area contributed by atoms with E-state index in [0.29, 0.717) is 5.56 Å². The lowest BCUT2D eigenvalue weighted by molar-refractivity contribution is -0.887. The molecular formula is C11H13Cl3FN2O+. The van der Waals surface area contributed by atoms with E-state index >= 15 is 0 Å². The fourth-order valence-corrected chi connectivity index (χ4v) is 2.19. The summed E-state index contributed by atoms with van der Waals surface area (Å²) in [6.07, 6.45) is -0.708. The van der Waals surface area contributed by atoms with Crippen LogP contribution in [0.5, 0.6) is 0 Å². The van der Waals surface area contributed by atoms with Crippen molar-refractivity contribution in [2.45, 2.75) is 9.96 Å². The maximum Gasteiger partial charge on any atom is 0.262 e. The molecule has 3 nitrogen and oxygen atoms in total. The van der Waals surface area contributed by atoms with E-state index in [1.165, 1.54) is 24.3 Å². The number of rotatable bonds is 3. The first-order valence-electron chi connectivity index (χ1n) is 5.15. The zero-order chi connectivity index (χ0) is 13.9. The lowest BCUT2D eigenvalue weighted by Crippen LogP contribution is -3.14. The topological polar surface area (TPSA) is 33.5 Å². The number of nitrogens with one attached hydrogen (secondary N) is 2. The zero-order valence-electron chi connectivity index (χ0n) is 9.81. The second kappa shape index (κ2) is 6.06. The van der Waals surface area contributed by atoms with Gasteiger partial charge < -0.3 is 4.90 Å². The van der Waals surface area contributed by atoms with Crippen LogP contribution in [-0.4, -0.2) is 30.0 Å². The molecule has 0 aliphatic rings. The SMILES string of the molecule is C[NH+](C)C(NC(=O)c1ccc(F)cc1)C(Cl)(Cl)Cl. The van der Waals surface area contributed by atoms with Gasteiger partial charge in [-0.3, -0.25) is 10.1 Å². The first kappa shape index (κ1) is 15.5.